The fourth-order valence-electron chi connectivity index (χ4n) is 2.09. The third kappa shape index (κ3) is 2.52. The molecule has 0 fully saturated rings. The molecule has 3 aromatic rings. The Morgan fingerprint density at radius 3 is 2.86 bits per heavy atom. The van der Waals surface area contributed by atoms with Crippen molar-refractivity contribution in [2.24, 2.45) is 7.05 Å². The molecule has 3 rings (SSSR count). The topological polar surface area (TPSA) is 46.9 Å². The predicted molar refractivity (Wildman–Crippen MR) is 82.7 cm³/mol. The molecule has 108 valence electrons. The van der Waals surface area contributed by atoms with Crippen LogP contribution in [-0.4, -0.2) is 15.7 Å². The zero-order valence-electron chi connectivity index (χ0n) is 11.3. The van der Waals surface area contributed by atoms with E-state index in [0.717, 1.165) is 22.0 Å². The number of amides is 1. The summed E-state index contributed by atoms with van der Waals surface area (Å²) in [5.74, 6) is -0.911. The highest BCUT2D eigenvalue weighted by atomic mass is 35.5. The van der Waals surface area contributed by atoms with Gasteiger partial charge in [-0.2, -0.15) is 5.10 Å². The lowest BCUT2D eigenvalue weighted by atomic mass is 10.2. The summed E-state index contributed by atoms with van der Waals surface area (Å²) in [4.78, 5) is 13.6. The highest BCUT2D eigenvalue weighted by Gasteiger charge is 2.16. The minimum absolute atomic E-state index is 0.108. The molecule has 1 N–H and O–H groups in total. The first kappa shape index (κ1) is 14.0. The van der Waals surface area contributed by atoms with Crippen LogP contribution >= 0.6 is 22.9 Å². The second kappa shape index (κ2) is 5.13. The van der Waals surface area contributed by atoms with Crippen LogP contribution in [0.2, 0.25) is 5.02 Å². The summed E-state index contributed by atoms with van der Waals surface area (Å²) in [6.07, 6.45) is 0. The van der Waals surface area contributed by atoms with Gasteiger partial charge in [-0.05, 0) is 31.2 Å². The van der Waals surface area contributed by atoms with Gasteiger partial charge in [-0.15, -0.1) is 11.3 Å². The number of nitrogens with one attached hydrogen (secondary N) is 1. The van der Waals surface area contributed by atoms with Gasteiger partial charge >= 0.3 is 0 Å². The molecule has 0 aliphatic heterocycles. The number of aryl methyl sites for hydroxylation is 2. The fraction of sp³-hybridized carbons (Fsp3) is 0.143. The van der Waals surface area contributed by atoms with E-state index in [4.69, 9.17) is 11.6 Å². The summed E-state index contributed by atoms with van der Waals surface area (Å²) in [7, 11) is 1.83. The van der Waals surface area contributed by atoms with E-state index < -0.39 is 5.82 Å². The third-order valence-electron chi connectivity index (χ3n) is 3.10. The van der Waals surface area contributed by atoms with Crippen LogP contribution in [0.25, 0.3) is 10.2 Å². The third-order valence-corrected chi connectivity index (χ3v) is 4.54. The predicted octanol–water partition coefficient (Wildman–Crippen LogP) is 3.99. The van der Waals surface area contributed by atoms with Gasteiger partial charge in [-0.25, -0.2) is 4.39 Å². The number of carbonyl (C=O) groups is 1. The van der Waals surface area contributed by atoms with Gasteiger partial charge in [0.25, 0.3) is 5.91 Å². The molecule has 2 heterocycles. The van der Waals surface area contributed by atoms with Gasteiger partial charge in [0.1, 0.15) is 10.6 Å². The molecule has 0 unspecified atom stereocenters. The molecular formula is C14H11ClFN3OS. The molecule has 0 spiro atoms. The molecule has 1 amide bonds. The number of carbonyl (C=O) groups excluding carboxylic acids is 1. The van der Waals surface area contributed by atoms with Crippen molar-refractivity contribution in [3.8, 4) is 0 Å². The van der Waals surface area contributed by atoms with Gasteiger partial charge in [0.2, 0.25) is 0 Å². The average molecular weight is 324 g/mol. The number of fused-ring (bicyclic) bond motifs is 1. The van der Waals surface area contributed by atoms with Gasteiger partial charge in [-0.1, -0.05) is 11.6 Å². The molecule has 0 aliphatic carbocycles. The van der Waals surface area contributed by atoms with E-state index >= 15 is 0 Å². The minimum Gasteiger partial charge on any atom is -0.319 e. The highest BCUT2D eigenvalue weighted by molar-refractivity contribution is 7.20. The number of aromatic nitrogens is 2. The lowest BCUT2D eigenvalue weighted by Gasteiger charge is -2.05. The molecule has 21 heavy (non-hydrogen) atoms. The van der Waals surface area contributed by atoms with E-state index in [2.05, 4.69) is 10.4 Å². The standard InChI is InChI=1S/C14H11ClFN3OS/c1-7-9-6-12(21-14(9)19(2)18-7)13(20)17-11-4-3-8(15)5-10(11)16/h3-6H,1-2H3,(H,17,20). The Morgan fingerprint density at radius 1 is 1.43 bits per heavy atom. The SMILES string of the molecule is Cc1nn(C)c2sc(C(=O)Nc3ccc(Cl)cc3F)cc12. The maximum atomic E-state index is 13.7. The summed E-state index contributed by atoms with van der Waals surface area (Å²) >= 11 is 7.00. The highest BCUT2D eigenvalue weighted by Crippen LogP contribution is 2.28. The Labute approximate surface area is 129 Å². The Bertz CT molecular complexity index is 821. The summed E-state index contributed by atoms with van der Waals surface area (Å²) in [5, 5.41) is 8.05. The second-order valence-corrected chi connectivity index (χ2v) is 6.08. The minimum atomic E-state index is -0.560. The van der Waals surface area contributed by atoms with E-state index in [-0.39, 0.29) is 16.6 Å². The summed E-state index contributed by atoms with van der Waals surface area (Å²) in [6, 6.07) is 5.90. The van der Waals surface area contributed by atoms with Crippen LogP contribution in [0.1, 0.15) is 15.4 Å². The van der Waals surface area contributed by atoms with Crippen molar-refractivity contribution < 1.29 is 9.18 Å². The van der Waals surface area contributed by atoms with Gasteiger partial charge in [0.05, 0.1) is 16.3 Å². The van der Waals surface area contributed by atoms with Crippen molar-refractivity contribution >= 4 is 44.7 Å². The normalized spacial score (nSPS) is 11.0. The first-order chi connectivity index (χ1) is 9.95. The molecule has 0 saturated heterocycles. The first-order valence-electron chi connectivity index (χ1n) is 6.15. The maximum absolute atomic E-state index is 13.7. The quantitative estimate of drug-likeness (QED) is 0.775. The molecule has 0 aliphatic rings. The zero-order valence-corrected chi connectivity index (χ0v) is 12.8. The Kier molecular flexibility index (Phi) is 3.43. The van der Waals surface area contributed by atoms with E-state index in [9.17, 15) is 9.18 Å². The van der Waals surface area contributed by atoms with Crippen molar-refractivity contribution in [2.75, 3.05) is 5.32 Å². The molecular weight excluding hydrogens is 313 g/mol. The summed E-state index contributed by atoms with van der Waals surface area (Å²) in [6.45, 7) is 1.88. The molecule has 0 saturated carbocycles. The lowest BCUT2D eigenvalue weighted by Crippen LogP contribution is -2.11. The largest absolute Gasteiger partial charge is 0.319 e. The molecule has 4 nitrogen and oxygen atoms in total. The van der Waals surface area contributed by atoms with Crippen LogP contribution in [0.4, 0.5) is 10.1 Å². The van der Waals surface area contributed by atoms with E-state index in [0.29, 0.717) is 4.88 Å². The monoisotopic (exact) mass is 323 g/mol. The van der Waals surface area contributed by atoms with E-state index in [1.807, 2.05) is 14.0 Å². The number of rotatable bonds is 2. The van der Waals surface area contributed by atoms with Crippen LogP contribution in [0, 0.1) is 12.7 Å². The van der Waals surface area contributed by atoms with Crippen LogP contribution in [0.5, 0.6) is 0 Å². The Balaban J connectivity index is 1.91. The first-order valence-corrected chi connectivity index (χ1v) is 7.34. The number of nitrogens with zero attached hydrogens (tertiary/aromatic N) is 2. The van der Waals surface area contributed by atoms with Crippen LogP contribution in [0.3, 0.4) is 0 Å². The number of halogens is 2. The van der Waals surface area contributed by atoms with Crippen molar-refractivity contribution in [1.82, 2.24) is 9.78 Å². The lowest BCUT2D eigenvalue weighted by molar-refractivity contribution is 0.103. The van der Waals surface area contributed by atoms with E-state index in [1.165, 1.54) is 23.5 Å². The van der Waals surface area contributed by atoms with E-state index in [1.54, 1.807) is 10.7 Å². The smallest absolute Gasteiger partial charge is 0.265 e. The van der Waals surface area contributed by atoms with Gasteiger partial charge in [-0.3, -0.25) is 9.48 Å². The number of anilines is 1. The molecule has 2 aromatic heterocycles. The second-order valence-electron chi connectivity index (χ2n) is 4.62. The molecule has 0 bridgehead atoms. The van der Waals surface area contributed by atoms with Crippen molar-refractivity contribution in [3.05, 3.63) is 45.7 Å². The molecule has 1 aromatic carbocycles. The zero-order chi connectivity index (χ0) is 15.1. The molecule has 7 heteroatoms. The summed E-state index contributed by atoms with van der Waals surface area (Å²) in [5.41, 5.74) is 0.970. The summed E-state index contributed by atoms with van der Waals surface area (Å²) < 4.78 is 15.4. The number of thiophene rings is 1. The average Bonchev–Trinajstić information content (AvgIpc) is 2.96. The molecule has 0 atom stereocenters. The van der Waals surface area contributed by atoms with Crippen LogP contribution in [0.15, 0.2) is 24.3 Å². The maximum Gasteiger partial charge on any atom is 0.265 e. The molecule has 0 radical (unpaired) electrons. The van der Waals surface area contributed by atoms with Gasteiger partial charge in [0.15, 0.2) is 0 Å². The van der Waals surface area contributed by atoms with Crippen molar-refractivity contribution in [1.29, 1.82) is 0 Å². The van der Waals surface area contributed by atoms with Crippen LogP contribution in [-0.2, 0) is 7.05 Å². The van der Waals surface area contributed by atoms with Gasteiger partial charge < -0.3 is 5.32 Å². The number of benzene rings is 1. The van der Waals surface area contributed by atoms with Crippen LogP contribution < -0.4 is 5.32 Å². The number of hydrogen-bond acceptors (Lipinski definition) is 3. The Hall–Kier alpha value is -1.92. The Morgan fingerprint density at radius 2 is 2.19 bits per heavy atom. The van der Waals surface area contributed by atoms with Gasteiger partial charge in [0, 0.05) is 17.5 Å². The van der Waals surface area contributed by atoms with Crippen molar-refractivity contribution in [3.63, 3.8) is 0 Å². The van der Waals surface area contributed by atoms with Crippen molar-refractivity contribution in [2.45, 2.75) is 6.92 Å². The fourth-order valence-corrected chi connectivity index (χ4v) is 3.27. The number of hydrogen-bond donors (Lipinski definition) is 1.